The topological polar surface area (TPSA) is 75.7 Å². The van der Waals surface area contributed by atoms with Gasteiger partial charge in [0.2, 0.25) is 0 Å². The second-order valence-electron chi connectivity index (χ2n) is 9.42. The number of pyridine rings is 1. The fraction of sp³-hybridized carbons (Fsp3) is 0.407. The maximum Gasteiger partial charge on any atom is 0.319 e. The molecule has 7 nitrogen and oxygen atoms in total. The van der Waals surface area contributed by atoms with Crippen molar-refractivity contribution in [2.24, 2.45) is 0 Å². The lowest BCUT2D eigenvalue weighted by molar-refractivity contribution is 0.156. The third-order valence-corrected chi connectivity index (χ3v) is 7.72. The first kappa shape index (κ1) is 22.5. The molecule has 3 atom stereocenters. The van der Waals surface area contributed by atoms with E-state index in [1.54, 1.807) is 20.4 Å². The number of hydrogen-bond donors (Lipinski definition) is 2. The van der Waals surface area contributed by atoms with Crippen molar-refractivity contribution >= 4 is 22.6 Å². The van der Waals surface area contributed by atoms with E-state index in [9.17, 15) is 4.79 Å². The zero-order valence-electron chi connectivity index (χ0n) is 20.0. The minimum absolute atomic E-state index is 0.0598. The number of urea groups is 1. The number of methoxy groups -OCH3 is 2. The van der Waals surface area contributed by atoms with E-state index < -0.39 is 0 Å². The van der Waals surface area contributed by atoms with Gasteiger partial charge >= 0.3 is 6.03 Å². The van der Waals surface area contributed by atoms with Crippen LogP contribution in [0.4, 0.5) is 10.5 Å². The quantitative estimate of drug-likeness (QED) is 0.584. The van der Waals surface area contributed by atoms with Crippen LogP contribution in [0.25, 0.3) is 10.9 Å². The van der Waals surface area contributed by atoms with Gasteiger partial charge in [-0.3, -0.25) is 4.98 Å². The molecule has 3 aromatic rings. The number of ether oxygens (including phenoxy) is 2. The molecule has 34 heavy (non-hydrogen) atoms. The maximum absolute atomic E-state index is 12.9. The van der Waals surface area contributed by atoms with Crippen LogP contribution in [0, 0.1) is 0 Å². The number of likely N-dealkylation sites (tertiary alicyclic amines) is 1. The van der Waals surface area contributed by atoms with Crippen LogP contribution in [-0.2, 0) is 5.41 Å². The monoisotopic (exact) mass is 460 g/mol. The summed E-state index contributed by atoms with van der Waals surface area (Å²) in [5, 5.41) is 7.21. The molecule has 0 spiro atoms. The summed E-state index contributed by atoms with van der Waals surface area (Å²) >= 11 is 0. The molecule has 178 valence electrons. The van der Waals surface area contributed by atoms with Gasteiger partial charge in [0.15, 0.2) is 11.5 Å². The average molecular weight is 461 g/mol. The number of benzene rings is 2. The summed E-state index contributed by atoms with van der Waals surface area (Å²) in [5.74, 6) is 1.52. The zero-order valence-corrected chi connectivity index (χ0v) is 20.0. The van der Waals surface area contributed by atoms with Gasteiger partial charge in [-0.2, -0.15) is 0 Å². The van der Waals surface area contributed by atoms with E-state index in [-0.39, 0.29) is 17.5 Å². The molecule has 0 radical (unpaired) electrons. The number of carbonyl (C=O) groups excluding carboxylic acids is 1. The number of aromatic nitrogens is 1. The molecule has 0 bridgehead atoms. The normalized spacial score (nSPS) is 24.4. The van der Waals surface area contributed by atoms with Crippen LogP contribution < -0.4 is 20.1 Å². The van der Waals surface area contributed by atoms with Crippen molar-refractivity contribution in [2.75, 3.05) is 33.1 Å². The second kappa shape index (κ2) is 9.14. The lowest BCUT2D eigenvalue weighted by Crippen LogP contribution is -2.52. The number of likely N-dealkylation sites (N-methyl/N-ethyl adjacent to an activating group) is 1. The van der Waals surface area contributed by atoms with Gasteiger partial charge in [0.1, 0.15) is 0 Å². The number of nitrogens with zero attached hydrogens (tertiary/aromatic N) is 2. The van der Waals surface area contributed by atoms with Crippen LogP contribution in [0.3, 0.4) is 0 Å². The smallest absolute Gasteiger partial charge is 0.319 e. The van der Waals surface area contributed by atoms with Gasteiger partial charge in [-0.25, -0.2) is 4.79 Å². The number of nitrogens with one attached hydrogen (secondary N) is 2. The van der Waals surface area contributed by atoms with Crippen LogP contribution in [0.5, 0.6) is 11.5 Å². The number of hydrogen-bond acceptors (Lipinski definition) is 5. The number of fused-ring (bicyclic) bond motifs is 2. The van der Waals surface area contributed by atoms with Gasteiger partial charge in [-0.15, -0.1) is 0 Å². The van der Waals surface area contributed by atoms with Gasteiger partial charge in [0, 0.05) is 29.1 Å². The SMILES string of the molecule is COc1ccc([C@@]23CC[C@@H](NC(=O)Nc4ccnc5ccccc45)C[C@@H]2N(C)CC3)cc1OC. The van der Waals surface area contributed by atoms with Crippen molar-refractivity contribution in [3.8, 4) is 11.5 Å². The Morgan fingerprint density at radius 3 is 2.74 bits per heavy atom. The first-order chi connectivity index (χ1) is 16.5. The Morgan fingerprint density at radius 1 is 1.09 bits per heavy atom. The molecule has 2 aromatic carbocycles. The van der Waals surface area contributed by atoms with E-state index in [1.807, 2.05) is 36.4 Å². The lowest BCUT2D eigenvalue weighted by Gasteiger charge is -2.45. The molecule has 2 fully saturated rings. The predicted molar refractivity (Wildman–Crippen MR) is 134 cm³/mol. The zero-order chi connectivity index (χ0) is 23.7. The van der Waals surface area contributed by atoms with Crippen LogP contribution in [-0.4, -0.2) is 55.8 Å². The van der Waals surface area contributed by atoms with E-state index in [1.165, 1.54) is 5.56 Å². The minimum Gasteiger partial charge on any atom is -0.493 e. The Bertz CT molecular complexity index is 1190. The van der Waals surface area contributed by atoms with Crippen LogP contribution in [0.2, 0.25) is 0 Å². The summed E-state index contributed by atoms with van der Waals surface area (Å²) in [6.07, 6.45) is 5.69. The van der Waals surface area contributed by atoms with Crippen molar-refractivity contribution in [1.29, 1.82) is 0 Å². The van der Waals surface area contributed by atoms with Gasteiger partial charge < -0.3 is 25.0 Å². The fourth-order valence-corrected chi connectivity index (χ4v) is 5.94. The van der Waals surface area contributed by atoms with E-state index in [4.69, 9.17) is 9.47 Å². The molecule has 0 unspecified atom stereocenters. The van der Waals surface area contributed by atoms with Gasteiger partial charge in [-0.1, -0.05) is 24.3 Å². The summed E-state index contributed by atoms with van der Waals surface area (Å²) in [4.78, 5) is 19.7. The van der Waals surface area contributed by atoms with E-state index in [0.29, 0.717) is 6.04 Å². The molecule has 1 saturated heterocycles. The predicted octanol–water partition coefficient (Wildman–Crippen LogP) is 4.57. The maximum atomic E-state index is 12.9. The molecule has 2 heterocycles. The third-order valence-electron chi connectivity index (χ3n) is 7.72. The molecular formula is C27H32N4O3. The highest BCUT2D eigenvalue weighted by molar-refractivity contribution is 6.00. The largest absolute Gasteiger partial charge is 0.493 e. The molecule has 2 N–H and O–H groups in total. The first-order valence-corrected chi connectivity index (χ1v) is 11.9. The number of rotatable bonds is 5. The van der Waals surface area contributed by atoms with Crippen LogP contribution in [0.1, 0.15) is 31.2 Å². The molecule has 1 aromatic heterocycles. The highest BCUT2D eigenvalue weighted by Crippen LogP contribution is 2.49. The Morgan fingerprint density at radius 2 is 1.91 bits per heavy atom. The fourth-order valence-electron chi connectivity index (χ4n) is 5.94. The van der Waals surface area contributed by atoms with E-state index in [2.05, 4.69) is 39.7 Å². The Labute approximate surface area is 200 Å². The minimum atomic E-state index is -0.166. The number of carbonyl (C=O) groups is 1. The molecule has 1 aliphatic carbocycles. The molecule has 5 rings (SSSR count). The second-order valence-corrected chi connectivity index (χ2v) is 9.42. The summed E-state index contributed by atoms with van der Waals surface area (Å²) in [7, 11) is 5.54. The molecule has 2 aliphatic rings. The highest BCUT2D eigenvalue weighted by atomic mass is 16.5. The van der Waals surface area contributed by atoms with Crippen molar-refractivity contribution in [1.82, 2.24) is 15.2 Å². The van der Waals surface area contributed by atoms with Crippen molar-refractivity contribution in [3.05, 3.63) is 60.3 Å². The summed E-state index contributed by atoms with van der Waals surface area (Å²) in [6.45, 7) is 1.04. The van der Waals surface area contributed by atoms with Gasteiger partial charge in [0.05, 0.1) is 25.4 Å². The Balaban J connectivity index is 1.31. The molecular weight excluding hydrogens is 428 g/mol. The number of anilines is 1. The van der Waals surface area contributed by atoms with Gasteiger partial charge in [0.25, 0.3) is 0 Å². The molecule has 1 aliphatic heterocycles. The first-order valence-electron chi connectivity index (χ1n) is 11.9. The van der Waals surface area contributed by atoms with Crippen molar-refractivity contribution in [2.45, 2.75) is 43.2 Å². The Kier molecular flexibility index (Phi) is 6.04. The average Bonchev–Trinajstić information content (AvgIpc) is 3.20. The Hall–Kier alpha value is -3.32. The summed E-state index contributed by atoms with van der Waals surface area (Å²) in [6, 6.07) is 16.3. The van der Waals surface area contributed by atoms with Gasteiger partial charge in [-0.05, 0) is 69.1 Å². The van der Waals surface area contributed by atoms with Crippen LogP contribution >= 0.6 is 0 Å². The standard InChI is InChI=1S/C27H32N4O3/c1-31-15-13-27(18-8-9-23(33-2)24(16-18)34-3)12-10-19(17-25(27)31)29-26(32)30-22-11-14-28-21-7-5-4-6-20(21)22/h4-9,11,14,16,19,25H,10,12-13,15,17H2,1-3H3,(H2,28,29,30,32)/t19-,25+,27+/m1/s1. The third kappa shape index (κ3) is 3.94. The summed E-state index contributed by atoms with van der Waals surface area (Å²) in [5.41, 5.74) is 3.00. The van der Waals surface area contributed by atoms with E-state index >= 15 is 0 Å². The number of amides is 2. The van der Waals surface area contributed by atoms with Crippen molar-refractivity contribution in [3.63, 3.8) is 0 Å². The molecule has 1 saturated carbocycles. The molecule has 2 amide bonds. The number of para-hydroxylation sites is 1. The summed E-state index contributed by atoms with van der Waals surface area (Å²) < 4.78 is 11.0. The lowest BCUT2D eigenvalue weighted by atomic mass is 9.65. The van der Waals surface area contributed by atoms with Crippen LogP contribution in [0.15, 0.2) is 54.7 Å². The molecule has 7 heteroatoms. The highest BCUT2D eigenvalue weighted by Gasteiger charge is 2.50. The van der Waals surface area contributed by atoms with Crippen molar-refractivity contribution < 1.29 is 14.3 Å². The van der Waals surface area contributed by atoms with E-state index in [0.717, 1.165) is 60.3 Å².